The van der Waals surface area contributed by atoms with E-state index in [1.54, 1.807) is 7.11 Å². The average Bonchev–Trinajstić information content (AvgIpc) is 2.69. The van der Waals surface area contributed by atoms with E-state index in [2.05, 4.69) is 21.2 Å². The van der Waals surface area contributed by atoms with Gasteiger partial charge in [-0.15, -0.1) is 0 Å². The molecule has 1 atom stereocenters. The summed E-state index contributed by atoms with van der Waals surface area (Å²) in [6.45, 7) is 0. The van der Waals surface area contributed by atoms with Gasteiger partial charge in [0.2, 0.25) is 0 Å². The molecule has 0 spiro atoms. The van der Waals surface area contributed by atoms with Crippen molar-refractivity contribution in [3.8, 4) is 5.75 Å². The number of para-hydroxylation sites is 2. The van der Waals surface area contributed by atoms with Crippen LogP contribution in [0.1, 0.15) is 28.4 Å². The molecule has 3 aromatic rings. The fourth-order valence-electron chi connectivity index (χ4n) is 2.88. The number of rotatable bonds is 7. The highest BCUT2D eigenvalue weighted by atomic mass is 79.9. The zero-order valence-electron chi connectivity index (χ0n) is 14.5. The average molecular weight is 410 g/mol. The Labute approximate surface area is 162 Å². The highest BCUT2D eigenvalue weighted by Crippen LogP contribution is 2.33. The molecule has 1 N–H and O–H groups in total. The molecule has 3 nitrogen and oxygen atoms in total. The standard InChI is InChI=1S/C22H20BrNO2/c1-26-22-14-8-7-13-19(22)24-20(17-11-5-6-12-18(17)23)15-21(25)16-9-3-2-4-10-16/h2-14,20,24H,15H2,1H3. The minimum Gasteiger partial charge on any atom is -0.495 e. The summed E-state index contributed by atoms with van der Waals surface area (Å²) in [7, 11) is 1.64. The number of hydrogen-bond donors (Lipinski definition) is 1. The smallest absolute Gasteiger partial charge is 0.165 e. The van der Waals surface area contributed by atoms with Gasteiger partial charge in [-0.3, -0.25) is 4.79 Å². The van der Waals surface area contributed by atoms with Gasteiger partial charge in [-0.1, -0.05) is 76.6 Å². The lowest BCUT2D eigenvalue weighted by atomic mass is 9.97. The Kier molecular flexibility index (Phi) is 6.08. The Hall–Kier alpha value is -2.59. The topological polar surface area (TPSA) is 38.3 Å². The lowest BCUT2D eigenvalue weighted by Crippen LogP contribution is -2.16. The molecule has 26 heavy (non-hydrogen) atoms. The lowest BCUT2D eigenvalue weighted by molar-refractivity contribution is 0.0976. The number of hydrogen-bond acceptors (Lipinski definition) is 3. The van der Waals surface area contributed by atoms with E-state index in [9.17, 15) is 4.79 Å². The van der Waals surface area contributed by atoms with Crippen LogP contribution in [0.4, 0.5) is 5.69 Å². The minimum absolute atomic E-state index is 0.0914. The van der Waals surface area contributed by atoms with E-state index >= 15 is 0 Å². The molecule has 1 unspecified atom stereocenters. The van der Waals surface area contributed by atoms with Crippen LogP contribution in [0.5, 0.6) is 5.75 Å². The summed E-state index contributed by atoms with van der Waals surface area (Å²) in [6, 6.07) is 24.9. The molecule has 0 aliphatic carbocycles. The second-order valence-electron chi connectivity index (χ2n) is 5.91. The van der Waals surface area contributed by atoms with Gasteiger partial charge < -0.3 is 10.1 Å². The summed E-state index contributed by atoms with van der Waals surface area (Å²) in [4.78, 5) is 12.8. The molecule has 0 saturated carbocycles. The van der Waals surface area contributed by atoms with Gasteiger partial charge in [-0.05, 0) is 23.8 Å². The number of carbonyl (C=O) groups excluding carboxylic acids is 1. The van der Waals surface area contributed by atoms with Crippen molar-refractivity contribution in [1.29, 1.82) is 0 Å². The van der Waals surface area contributed by atoms with Gasteiger partial charge in [0, 0.05) is 16.5 Å². The number of methoxy groups -OCH3 is 1. The highest BCUT2D eigenvalue weighted by Gasteiger charge is 2.20. The summed E-state index contributed by atoms with van der Waals surface area (Å²) >= 11 is 3.61. The van der Waals surface area contributed by atoms with Gasteiger partial charge in [-0.2, -0.15) is 0 Å². The normalized spacial score (nSPS) is 11.6. The lowest BCUT2D eigenvalue weighted by Gasteiger charge is -2.22. The number of halogens is 1. The van der Waals surface area contributed by atoms with Crippen molar-refractivity contribution >= 4 is 27.4 Å². The van der Waals surface area contributed by atoms with E-state index in [-0.39, 0.29) is 11.8 Å². The quantitative estimate of drug-likeness (QED) is 0.494. The van der Waals surface area contributed by atoms with Crippen LogP contribution in [0.15, 0.2) is 83.3 Å². The maximum absolute atomic E-state index is 12.8. The number of anilines is 1. The summed E-state index contributed by atoms with van der Waals surface area (Å²) in [5, 5.41) is 3.48. The van der Waals surface area contributed by atoms with E-state index < -0.39 is 0 Å². The molecule has 3 aromatic carbocycles. The first-order chi connectivity index (χ1) is 12.7. The number of ketones is 1. The van der Waals surface area contributed by atoms with Gasteiger partial charge in [-0.25, -0.2) is 0 Å². The van der Waals surface area contributed by atoms with Gasteiger partial charge in [0.15, 0.2) is 5.78 Å². The monoisotopic (exact) mass is 409 g/mol. The van der Waals surface area contributed by atoms with Crippen molar-refractivity contribution in [2.45, 2.75) is 12.5 Å². The van der Waals surface area contributed by atoms with Gasteiger partial charge >= 0.3 is 0 Å². The maximum atomic E-state index is 12.8. The third kappa shape index (κ3) is 4.33. The van der Waals surface area contributed by atoms with Crippen LogP contribution in [0, 0.1) is 0 Å². The first-order valence-corrected chi connectivity index (χ1v) is 9.20. The minimum atomic E-state index is -0.186. The first kappa shape index (κ1) is 18.2. The molecule has 0 heterocycles. The van der Waals surface area contributed by atoms with Crippen molar-refractivity contribution in [1.82, 2.24) is 0 Å². The number of nitrogens with one attached hydrogen (secondary N) is 1. The predicted molar refractivity (Wildman–Crippen MR) is 109 cm³/mol. The summed E-state index contributed by atoms with van der Waals surface area (Å²) in [5.41, 5.74) is 2.60. The Morgan fingerprint density at radius 2 is 1.62 bits per heavy atom. The molecular weight excluding hydrogens is 390 g/mol. The number of ether oxygens (including phenoxy) is 1. The van der Waals surface area contributed by atoms with E-state index in [0.29, 0.717) is 12.0 Å². The van der Waals surface area contributed by atoms with E-state index in [0.717, 1.165) is 21.5 Å². The zero-order valence-corrected chi connectivity index (χ0v) is 16.1. The van der Waals surface area contributed by atoms with Crippen molar-refractivity contribution in [3.05, 3.63) is 94.5 Å². The summed E-state index contributed by atoms with van der Waals surface area (Å²) < 4.78 is 6.41. The zero-order chi connectivity index (χ0) is 18.4. The Bertz CT molecular complexity index is 880. The SMILES string of the molecule is COc1ccccc1NC(CC(=O)c1ccccc1)c1ccccc1Br. The molecule has 0 aromatic heterocycles. The summed E-state index contributed by atoms with van der Waals surface area (Å²) in [6.07, 6.45) is 0.338. The van der Waals surface area contributed by atoms with Gasteiger partial charge in [0.1, 0.15) is 5.75 Å². The summed E-state index contributed by atoms with van der Waals surface area (Å²) in [5.74, 6) is 0.838. The number of Topliss-reactive ketones (excluding diaryl/α,β-unsaturated/α-hetero) is 1. The van der Waals surface area contributed by atoms with Crippen LogP contribution in [-0.2, 0) is 0 Å². The third-order valence-corrected chi connectivity index (χ3v) is 4.92. The molecule has 4 heteroatoms. The molecule has 0 bridgehead atoms. The molecule has 0 saturated heterocycles. The van der Waals surface area contributed by atoms with Crippen LogP contribution in [0.25, 0.3) is 0 Å². The maximum Gasteiger partial charge on any atom is 0.165 e. The fraction of sp³-hybridized carbons (Fsp3) is 0.136. The van der Waals surface area contributed by atoms with Crippen LogP contribution in [0.2, 0.25) is 0 Å². The molecule has 0 aliphatic heterocycles. The Morgan fingerprint density at radius 1 is 0.962 bits per heavy atom. The largest absolute Gasteiger partial charge is 0.495 e. The first-order valence-electron chi connectivity index (χ1n) is 8.41. The molecule has 0 radical (unpaired) electrons. The fourth-order valence-corrected chi connectivity index (χ4v) is 3.44. The van der Waals surface area contributed by atoms with E-state index in [1.807, 2.05) is 78.9 Å². The van der Waals surface area contributed by atoms with Crippen LogP contribution in [-0.4, -0.2) is 12.9 Å². The van der Waals surface area contributed by atoms with Crippen molar-refractivity contribution in [3.63, 3.8) is 0 Å². The van der Waals surface area contributed by atoms with Crippen LogP contribution in [0.3, 0.4) is 0 Å². The second-order valence-corrected chi connectivity index (χ2v) is 6.77. The molecule has 0 amide bonds. The van der Waals surface area contributed by atoms with E-state index in [4.69, 9.17) is 4.74 Å². The van der Waals surface area contributed by atoms with Crippen molar-refractivity contribution < 1.29 is 9.53 Å². The van der Waals surface area contributed by atoms with E-state index in [1.165, 1.54) is 0 Å². The van der Waals surface area contributed by atoms with Crippen LogP contribution >= 0.6 is 15.9 Å². The number of carbonyl (C=O) groups is 1. The number of benzene rings is 3. The van der Waals surface area contributed by atoms with Crippen molar-refractivity contribution in [2.75, 3.05) is 12.4 Å². The van der Waals surface area contributed by atoms with Gasteiger partial charge in [0.05, 0.1) is 18.8 Å². The predicted octanol–water partition coefficient (Wildman–Crippen LogP) is 5.88. The molecule has 132 valence electrons. The Balaban J connectivity index is 1.92. The van der Waals surface area contributed by atoms with Crippen LogP contribution < -0.4 is 10.1 Å². The molecule has 0 fully saturated rings. The molecule has 0 aliphatic rings. The second kappa shape index (κ2) is 8.68. The third-order valence-electron chi connectivity index (χ3n) is 4.20. The van der Waals surface area contributed by atoms with Crippen molar-refractivity contribution in [2.24, 2.45) is 0 Å². The molecular formula is C22H20BrNO2. The Morgan fingerprint density at radius 3 is 2.35 bits per heavy atom. The van der Waals surface area contributed by atoms with Gasteiger partial charge in [0.25, 0.3) is 0 Å². The molecule has 3 rings (SSSR count). The highest BCUT2D eigenvalue weighted by molar-refractivity contribution is 9.10.